The Bertz CT molecular complexity index is 1150. The Labute approximate surface area is 175 Å². The largest absolute Gasteiger partial charge is 0.392 e. The number of likely N-dealkylation sites (tertiary alicyclic amines) is 1. The lowest BCUT2D eigenvalue weighted by Gasteiger charge is -2.29. The van der Waals surface area contributed by atoms with E-state index in [1.807, 2.05) is 12.4 Å². The zero-order valence-electron chi connectivity index (χ0n) is 16.7. The second kappa shape index (κ2) is 8.01. The summed E-state index contributed by atoms with van der Waals surface area (Å²) in [5.74, 6) is -0.239. The van der Waals surface area contributed by atoms with Crippen LogP contribution in [0.2, 0.25) is 0 Å². The second-order valence-corrected chi connectivity index (χ2v) is 8.06. The van der Waals surface area contributed by atoms with Gasteiger partial charge in [0, 0.05) is 42.0 Å². The van der Waals surface area contributed by atoms with Crippen molar-refractivity contribution in [1.82, 2.24) is 14.9 Å². The molecule has 30 heavy (non-hydrogen) atoms. The molecule has 2 aromatic carbocycles. The van der Waals surface area contributed by atoms with Gasteiger partial charge in [-0.2, -0.15) is 0 Å². The van der Waals surface area contributed by atoms with E-state index in [2.05, 4.69) is 45.2 Å². The molecular weight excluding hydrogens is 377 g/mol. The molecule has 5 heteroatoms. The number of hydrogen-bond acceptors (Lipinski definition) is 3. The van der Waals surface area contributed by atoms with E-state index in [1.165, 1.54) is 17.7 Å². The third-order valence-corrected chi connectivity index (χ3v) is 5.86. The number of aromatic nitrogens is 2. The van der Waals surface area contributed by atoms with Gasteiger partial charge in [0.15, 0.2) is 0 Å². The van der Waals surface area contributed by atoms with Gasteiger partial charge in [-0.05, 0) is 54.3 Å². The smallest absolute Gasteiger partial charge is 0.137 e. The van der Waals surface area contributed by atoms with E-state index in [4.69, 9.17) is 0 Å². The Balaban J connectivity index is 1.40. The van der Waals surface area contributed by atoms with Gasteiger partial charge in [0.25, 0.3) is 0 Å². The first-order chi connectivity index (χ1) is 14.7. The quantitative estimate of drug-likeness (QED) is 0.506. The minimum Gasteiger partial charge on any atom is -0.392 e. The molecule has 1 fully saturated rings. The van der Waals surface area contributed by atoms with Crippen molar-refractivity contribution in [3.63, 3.8) is 0 Å². The van der Waals surface area contributed by atoms with Gasteiger partial charge < -0.3 is 10.1 Å². The number of fused-ring (bicyclic) bond motifs is 1. The van der Waals surface area contributed by atoms with E-state index < -0.39 is 0 Å². The zero-order valence-corrected chi connectivity index (χ0v) is 16.7. The van der Waals surface area contributed by atoms with Crippen LogP contribution in [-0.4, -0.2) is 39.2 Å². The number of halogens is 1. The van der Waals surface area contributed by atoms with Crippen LogP contribution in [0.1, 0.15) is 18.4 Å². The van der Waals surface area contributed by atoms with Crippen molar-refractivity contribution in [1.29, 1.82) is 0 Å². The molecule has 0 aliphatic carbocycles. The lowest BCUT2D eigenvalue weighted by atomic mass is 10.0. The molecular formula is C25H24FN3O. The molecule has 4 aromatic rings. The Morgan fingerprint density at radius 3 is 2.57 bits per heavy atom. The van der Waals surface area contributed by atoms with Crippen molar-refractivity contribution in [3.05, 3.63) is 78.4 Å². The molecule has 5 rings (SSSR count). The molecule has 2 aromatic heterocycles. The molecule has 1 aliphatic heterocycles. The Morgan fingerprint density at radius 1 is 1.03 bits per heavy atom. The number of piperidine rings is 1. The summed E-state index contributed by atoms with van der Waals surface area (Å²) in [5.41, 5.74) is 6.19. The fraction of sp³-hybridized carbons (Fsp3) is 0.240. The van der Waals surface area contributed by atoms with Crippen LogP contribution in [0.15, 0.2) is 67.0 Å². The number of nitrogens with zero attached hydrogens (tertiary/aromatic N) is 2. The van der Waals surface area contributed by atoms with Crippen LogP contribution in [-0.2, 0) is 6.54 Å². The second-order valence-electron chi connectivity index (χ2n) is 8.06. The summed E-state index contributed by atoms with van der Waals surface area (Å²) >= 11 is 0. The van der Waals surface area contributed by atoms with Gasteiger partial charge in [-0.3, -0.25) is 4.90 Å². The minimum atomic E-state index is -0.239. The van der Waals surface area contributed by atoms with Crippen molar-refractivity contribution < 1.29 is 9.50 Å². The van der Waals surface area contributed by atoms with Crippen LogP contribution in [0.3, 0.4) is 0 Å². The Hall–Kier alpha value is -3.02. The fourth-order valence-corrected chi connectivity index (χ4v) is 4.27. The van der Waals surface area contributed by atoms with Gasteiger partial charge in [-0.25, -0.2) is 9.37 Å². The van der Waals surface area contributed by atoms with Gasteiger partial charge in [0.2, 0.25) is 0 Å². The minimum absolute atomic E-state index is 0.201. The molecule has 0 saturated carbocycles. The summed E-state index contributed by atoms with van der Waals surface area (Å²) in [6.45, 7) is 2.65. The summed E-state index contributed by atoms with van der Waals surface area (Å²) in [6.07, 6.45) is 5.56. The van der Waals surface area contributed by atoms with Crippen molar-refractivity contribution in [2.75, 3.05) is 13.1 Å². The number of hydrogen-bond donors (Lipinski definition) is 2. The first kappa shape index (κ1) is 19.0. The van der Waals surface area contributed by atoms with Crippen LogP contribution in [0.4, 0.5) is 4.39 Å². The highest BCUT2D eigenvalue weighted by Crippen LogP contribution is 2.31. The Morgan fingerprint density at radius 2 is 1.80 bits per heavy atom. The van der Waals surface area contributed by atoms with Crippen LogP contribution >= 0.6 is 0 Å². The SMILES string of the molecule is OC1CCCN(Cc2ccc(-c3cnc4[nH]cc(-c5ccc(F)cc5)c4c3)cc2)C1. The molecule has 0 radical (unpaired) electrons. The van der Waals surface area contributed by atoms with E-state index in [0.717, 1.165) is 65.8 Å². The maximum Gasteiger partial charge on any atom is 0.137 e. The highest BCUT2D eigenvalue weighted by atomic mass is 19.1. The summed E-state index contributed by atoms with van der Waals surface area (Å²) in [7, 11) is 0. The molecule has 3 heterocycles. The number of rotatable bonds is 4. The van der Waals surface area contributed by atoms with E-state index in [0.29, 0.717) is 0 Å². The topological polar surface area (TPSA) is 52.1 Å². The molecule has 1 saturated heterocycles. The molecule has 1 atom stereocenters. The van der Waals surface area contributed by atoms with E-state index in [1.54, 1.807) is 12.1 Å². The summed E-state index contributed by atoms with van der Waals surface area (Å²) < 4.78 is 13.3. The van der Waals surface area contributed by atoms with Gasteiger partial charge in [-0.15, -0.1) is 0 Å². The Kier molecular flexibility index (Phi) is 5.07. The van der Waals surface area contributed by atoms with Crippen molar-refractivity contribution in [2.45, 2.75) is 25.5 Å². The zero-order chi connectivity index (χ0) is 20.5. The lowest BCUT2D eigenvalue weighted by Crippen LogP contribution is -2.37. The summed E-state index contributed by atoms with van der Waals surface area (Å²) in [4.78, 5) is 10.1. The standard InChI is InChI=1S/C25H24FN3O/c26-21-9-7-19(8-10-21)24-14-28-25-23(24)12-20(13-27-25)18-5-3-17(4-6-18)15-29-11-1-2-22(30)16-29/h3-10,12-14,22,30H,1-2,11,15-16H2,(H,27,28). The summed E-state index contributed by atoms with van der Waals surface area (Å²) in [5, 5.41) is 10.9. The summed E-state index contributed by atoms with van der Waals surface area (Å²) in [6, 6.07) is 17.2. The monoisotopic (exact) mass is 401 g/mol. The third kappa shape index (κ3) is 3.86. The molecule has 1 unspecified atom stereocenters. The average molecular weight is 401 g/mol. The first-order valence-corrected chi connectivity index (χ1v) is 10.4. The average Bonchev–Trinajstić information content (AvgIpc) is 3.18. The molecule has 0 spiro atoms. The molecule has 4 nitrogen and oxygen atoms in total. The highest BCUT2D eigenvalue weighted by molar-refractivity contribution is 5.95. The van der Waals surface area contributed by atoms with E-state index >= 15 is 0 Å². The number of nitrogens with one attached hydrogen (secondary N) is 1. The number of aliphatic hydroxyl groups excluding tert-OH is 1. The normalized spacial score (nSPS) is 17.5. The first-order valence-electron chi connectivity index (χ1n) is 10.4. The lowest BCUT2D eigenvalue weighted by molar-refractivity contribution is 0.0668. The van der Waals surface area contributed by atoms with Crippen LogP contribution in [0, 0.1) is 5.82 Å². The van der Waals surface area contributed by atoms with Gasteiger partial charge >= 0.3 is 0 Å². The maximum atomic E-state index is 13.3. The van der Waals surface area contributed by atoms with Crippen LogP contribution in [0.5, 0.6) is 0 Å². The number of aromatic amines is 1. The molecule has 2 N–H and O–H groups in total. The van der Waals surface area contributed by atoms with Crippen molar-refractivity contribution in [3.8, 4) is 22.3 Å². The van der Waals surface area contributed by atoms with Crippen molar-refractivity contribution >= 4 is 11.0 Å². The number of β-amino-alcohol motifs (C(OH)–C–C–N with tert-alkyl or cyclic N) is 1. The van der Waals surface area contributed by atoms with Crippen LogP contribution < -0.4 is 0 Å². The van der Waals surface area contributed by atoms with E-state index in [9.17, 15) is 9.50 Å². The van der Waals surface area contributed by atoms with E-state index in [-0.39, 0.29) is 11.9 Å². The number of H-pyrrole nitrogens is 1. The predicted octanol–water partition coefficient (Wildman–Crippen LogP) is 4.99. The number of aliphatic hydroxyl groups is 1. The van der Waals surface area contributed by atoms with Crippen LogP contribution in [0.25, 0.3) is 33.3 Å². The van der Waals surface area contributed by atoms with Gasteiger partial charge in [0.1, 0.15) is 11.5 Å². The molecule has 0 bridgehead atoms. The fourth-order valence-electron chi connectivity index (χ4n) is 4.27. The molecule has 1 aliphatic rings. The molecule has 0 amide bonds. The highest BCUT2D eigenvalue weighted by Gasteiger charge is 2.17. The van der Waals surface area contributed by atoms with Gasteiger partial charge in [-0.1, -0.05) is 36.4 Å². The predicted molar refractivity (Wildman–Crippen MR) is 117 cm³/mol. The van der Waals surface area contributed by atoms with Gasteiger partial charge in [0.05, 0.1) is 6.10 Å². The van der Waals surface area contributed by atoms with Crippen molar-refractivity contribution in [2.24, 2.45) is 0 Å². The number of pyridine rings is 1. The maximum absolute atomic E-state index is 13.3. The molecule has 152 valence electrons. The number of benzene rings is 2. The third-order valence-electron chi connectivity index (χ3n) is 5.86.